The second-order valence-electron chi connectivity index (χ2n) is 5.77. The van der Waals surface area contributed by atoms with Gasteiger partial charge in [-0.2, -0.15) is 0 Å². The van der Waals surface area contributed by atoms with Crippen molar-refractivity contribution in [2.24, 2.45) is 5.92 Å². The van der Waals surface area contributed by atoms with Gasteiger partial charge in [-0.25, -0.2) is 0 Å². The van der Waals surface area contributed by atoms with Gasteiger partial charge in [-0.1, -0.05) is 37.3 Å². The van der Waals surface area contributed by atoms with E-state index in [1.165, 1.54) is 18.5 Å². The molecule has 1 saturated heterocycles. The van der Waals surface area contributed by atoms with Gasteiger partial charge in [-0.3, -0.25) is 4.90 Å². The average Bonchev–Trinajstić information content (AvgIpc) is 2.28. The highest BCUT2D eigenvalue weighted by molar-refractivity contribution is 5.15. The molecule has 1 unspecified atom stereocenters. The fraction of sp³-hybridized carbons (Fsp3) is 0.625. The van der Waals surface area contributed by atoms with Crippen molar-refractivity contribution in [1.82, 2.24) is 4.90 Å². The molecule has 3 atom stereocenters. The zero-order valence-corrected chi connectivity index (χ0v) is 11.8. The maximum atomic E-state index is 5.77. The van der Waals surface area contributed by atoms with E-state index in [1.54, 1.807) is 0 Å². The number of morpholine rings is 1. The molecule has 1 aliphatic rings. The molecule has 0 bridgehead atoms. The summed E-state index contributed by atoms with van der Waals surface area (Å²) < 4.78 is 5.77. The van der Waals surface area contributed by atoms with E-state index in [1.807, 2.05) is 0 Å². The lowest BCUT2D eigenvalue weighted by Crippen LogP contribution is -2.47. The van der Waals surface area contributed by atoms with E-state index in [0.717, 1.165) is 13.1 Å². The first-order valence-corrected chi connectivity index (χ1v) is 7.05. The highest BCUT2D eigenvalue weighted by Crippen LogP contribution is 2.15. The summed E-state index contributed by atoms with van der Waals surface area (Å²) in [5.74, 6) is 0.699. The van der Waals surface area contributed by atoms with Gasteiger partial charge in [0.1, 0.15) is 0 Å². The molecule has 0 saturated carbocycles. The topological polar surface area (TPSA) is 12.5 Å². The second kappa shape index (κ2) is 6.35. The van der Waals surface area contributed by atoms with Crippen molar-refractivity contribution < 1.29 is 4.74 Å². The number of hydrogen-bond acceptors (Lipinski definition) is 2. The van der Waals surface area contributed by atoms with Crippen LogP contribution in [0, 0.1) is 5.92 Å². The minimum Gasteiger partial charge on any atom is -0.373 e. The fourth-order valence-electron chi connectivity index (χ4n) is 2.96. The highest BCUT2D eigenvalue weighted by Gasteiger charge is 2.23. The second-order valence-corrected chi connectivity index (χ2v) is 5.77. The smallest absolute Gasteiger partial charge is 0.0678 e. The zero-order valence-electron chi connectivity index (χ0n) is 11.8. The van der Waals surface area contributed by atoms with Crippen LogP contribution < -0.4 is 0 Å². The zero-order chi connectivity index (χ0) is 13.0. The van der Waals surface area contributed by atoms with Gasteiger partial charge in [0.05, 0.1) is 12.2 Å². The molecule has 0 N–H and O–H groups in total. The van der Waals surface area contributed by atoms with Crippen molar-refractivity contribution in [1.29, 1.82) is 0 Å². The molecular formula is C16H25NO. The van der Waals surface area contributed by atoms with Crippen LogP contribution in [0.3, 0.4) is 0 Å². The van der Waals surface area contributed by atoms with E-state index in [9.17, 15) is 0 Å². The number of rotatable bonds is 4. The fourth-order valence-corrected chi connectivity index (χ4v) is 2.96. The van der Waals surface area contributed by atoms with E-state index in [2.05, 4.69) is 56.0 Å². The molecule has 0 radical (unpaired) electrons. The van der Waals surface area contributed by atoms with Gasteiger partial charge in [0.2, 0.25) is 0 Å². The maximum absolute atomic E-state index is 5.77. The number of nitrogens with zero attached hydrogens (tertiary/aromatic N) is 1. The quantitative estimate of drug-likeness (QED) is 0.811. The Kier molecular flexibility index (Phi) is 4.79. The van der Waals surface area contributed by atoms with E-state index < -0.39 is 0 Å². The minimum atomic E-state index is 0.373. The molecule has 1 aliphatic heterocycles. The van der Waals surface area contributed by atoms with Crippen LogP contribution in [0.15, 0.2) is 30.3 Å². The predicted molar refractivity (Wildman–Crippen MR) is 75.8 cm³/mol. The Morgan fingerprint density at radius 3 is 2.39 bits per heavy atom. The van der Waals surface area contributed by atoms with Crippen LogP contribution in [-0.4, -0.2) is 36.7 Å². The van der Waals surface area contributed by atoms with Crippen molar-refractivity contribution in [3.05, 3.63) is 35.9 Å². The SMILES string of the molecule is CC(Cc1ccccc1)CN1C[C@H](C)O[C@@H](C)C1. The first-order chi connectivity index (χ1) is 8.63. The monoisotopic (exact) mass is 247 g/mol. The molecule has 1 heterocycles. The Morgan fingerprint density at radius 2 is 1.78 bits per heavy atom. The van der Waals surface area contributed by atoms with Gasteiger partial charge in [0.15, 0.2) is 0 Å². The Hall–Kier alpha value is -0.860. The van der Waals surface area contributed by atoms with Crippen LogP contribution in [0.2, 0.25) is 0 Å². The maximum Gasteiger partial charge on any atom is 0.0678 e. The molecule has 1 fully saturated rings. The molecule has 0 aliphatic carbocycles. The predicted octanol–water partition coefficient (Wildman–Crippen LogP) is 2.97. The lowest BCUT2D eigenvalue weighted by molar-refractivity contribution is -0.0708. The van der Waals surface area contributed by atoms with Crippen LogP contribution in [-0.2, 0) is 11.2 Å². The van der Waals surface area contributed by atoms with Crippen molar-refractivity contribution in [3.63, 3.8) is 0 Å². The van der Waals surface area contributed by atoms with Crippen LogP contribution >= 0.6 is 0 Å². The summed E-state index contributed by atoms with van der Waals surface area (Å²) >= 11 is 0. The first-order valence-electron chi connectivity index (χ1n) is 7.05. The van der Waals surface area contributed by atoms with E-state index >= 15 is 0 Å². The molecule has 0 amide bonds. The Morgan fingerprint density at radius 1 is 1.17 bits per heavy atom. The molecule has 1 aromatic carbocycles. The third-order valence-corrected chi connectivity index (χ3v) is 3.49. The van der Waals surface area contributed by atoms with Gasteiger partial charge in [0.25, 0.3) is 0 Å². The summed E-state index contributed by atoms with van der Waals surface area (Å²) in [4.78, 5) is 2.55. The molecule has 0 aromatic heterocycles. The van der Waals surface area contributed by atoms with Crippen LogP contribution in [0.25, 0.3) is 0 Å². The summed E-state index contributed by atoms with van der Waals surface area (Å²) in [6.07, 6.45) is 1.91. The van der Waals surface area contributed by atoms with Gasteiger partial charge in [0, 0.05) is 19.6 Å². The van der Waals surface area contributed by atoms with E-state index in [4.69, 9.17) is 4.74 Å². The lowest BCUT2D eigenvalue weighted by Gasteiger charge is -2.36. The summed E-state index contributed by atoms with van der Waals surface area (Å²) in [7, 11) is 0. The van der Waals surface area contributed by atoms with Crippen LogP contribution in [0.4, 0.5) is 0 Å². The molecule has 1 aromatic rings. The molecular weight excluding hydrogens is 222 g/mol. The molecule has 2 heteroatoms. The standard InChI is InChI=1S/C16H25NO/c1-13(9-16-7-5-4-6-8-16)10-17-11-14(2)18-15(3)12-17/h4-8,13-15H,9-12H2,1-3H3/t13?,14-,15-/m0/s1. The average molecular weight is 247 g/mol. The first kappa shape index (κ1) is 13.6. The molecule has 2 rings (SSSR count). The van der Waals surface area contributed by atoms with Crippen molar-refractivity contribution in [2.75, 3.05) is 19.6 Å². The van der Waals surface area contributed by atoms with Crippen molar-refractivity contribution in [3.8, 4) is 0 Å². The molecule has 2 nitrogen and oxygen atoms in total. The summed E-state index contributed by atoms with van der Waals surface area (Å²) in [6, 6.07) is 10.8. The minimum absolute atomic E-state index is 0.373. The van der Waals surface area contributed by atoms with Crippen LogP contribution in [0.1, 0.15) is 26.3 Å². The third kappa shape index (κ3) is 4.11. The molecule has 100 valence electrons. The van der Waals surface area contributed by atoms with Gasteiger partial charge < -0.3 is 4.74 Å². The van der Waals surface area contributed by atoms with Gasteiger partial charge in [-0.15, -0.1) is 0 Å². The summed E-state index contributed by atoms with van der Waals surface area (Å²) in [6.45, 7) is 10.0. The summed E-state index contributed by atoms with van der Waals surface area (Å²) in [5, 5.41) is 0. The Bertz CT molecular complexity index is 341. The van der Waals surface area contributed by atoms with Crippen molar-refractivity contribution >= 4 is 0 Å². The number of hydrogen-bond donors (Lipinski definition) is 0. The normalized spacial score (nSPS) is 27.1. The summed E-state index contributed by atoms with van der Waals surface area (Å²) in [5.41, 5.74) is 1.44. The van der Waals surface area contributed by atoms with Crippen molar-refractivity contribution in [2.45, 2.75) is 39.4 Å². The molecule has 0 spiro atoms. The number of benzene rings is 1. The molecule has 18 heavy (non-hydrogen) atoms. The third-order valence-electron chi connectivity index (χ3n) is 3.49. The van der Waals surface area contributed by atoms with E-state index in [-0.39, 0.29) is 0 Å². The number of ether oxygens (including phenoxy) is 1. The van der Waals surface area contributed by atoms with Gasteiger partial charge in [-0.05, 0) is 31.7 Å². The Labute approximate surface area is 111 Å². The lowest BCUT2D eigenvalue weighted by atomic mass is 10.00. The highest BCUT2D eigenvalue weighted by atomic mass is 16.5. The van der Waals surface area contributed by atoms with Crippen LogP contribution in [0.5, 0.6) is 0 Å². The Balaban J connectivity index is 1.82. The van der Waals surface area contributed by atoms with Gasteiger partial charge >= 0.3 is 0 Å². The van der Waals surface area contributed by atoms with E-state index in [0.29, 0.717) is 18.1 Å². The largest absolute Gasteiger partial charge is 0.373 e.